The van der Waals surface area contributed by atoms with Gasteiger partial charge in [-0.05, 0) is 18.1 Å². The minimum absolute atomic E-state index is 0.166. The summed E-state index contributed by atoms with van der Waals surface area (Å²) in [5.41, 5.74) is 8.57. The van der Waals surface area contributed by atoms with Crippen LogP contribution in [0.5, 0.6) is 0 Å². The Labute approximate surface area is 97.2 Å². The van der Waals surface area contributed by atoms with Crippen LogP contribution >= 0.6 is 0 Å². The third-order valence-electron chi connectivity index (χ3n) is 3.03. The van der Waals surface area contributed by atoms with Crippen LogP contribution in [-0.4, -0.2) is 30.7 Å². The van der Waals surface area contributed by atoms with E-state index in [9.17, 15) is 0 Å². The van der Waals surface area contributed by atoms with E-state index in [1.54, 1.807) is 0 Å². The van der Waals surface area contributed by atoms with Gasteiger partial charge in [-0.1, -0.05) is 24.3 Å². The molecule has 3 heteroatoms. The molecule has 2 rings (SSSR count). The molecule has 1 heterocycles. The lowest BCUT2D eigenvalue weighted by Gasteiger charge is -2.22. The number of hydrogen-bond acceptors (Lipinski definition) is 3. The van der Waals surface area contributed by atoms with Gasteiger partial charge in [0, 0.05) is 32.8 Å². The van der Waals surface area contributed by atoms with E-state index in [1.165, 1.54) is 11.1 Å². The molecule has 0 saturated heterocycles. The Morgan fingerprint density at radius 1 is 1.31 bits per heavy atom. The normalized spacial score (nSPS) is 17.4. The Morgan fingerprint density at radius 2 is 1.94 bits per heavy atom. The first-order chi connectivity index (χ1) is 7.83. The van der Waals surface area contributed by atoms with Gasteiger partial charge in [0.15, 0.2) is 0 Å². The second-order valence-electron chi connectivity index (χ2n) is 4.25. The fraction of sp³-hybridized carbons (Fsp3) is 0.538. The van der Waals surface area contributed by atoms with Crippen molar-refractivity contribution in [1.82, 2.24) is 4.90 Å². The Morgan fingerprint density at radius 3 is 2.44 bits per heavy atom. The third-order valence-corrected chi connectivity index (χ3v) is 3.03. The topological polar surface area (TPSA) is 38.5 Å². The molecule has 1 aliphatic rings. The first kappa shape index (κ1) is 11.6. The third kappa shape index (κ3) is 2.61. The smallest absolute Gasteiger partial charge is 0.0824 e. The summed E-state index contributed by atoms with van der Waals surface area (Å²) in [7, 11) is 0. The molecular formula is C13H20N2O. The van der Waals surface area contributed by atoms with Crippen molar-refractivity contribution in [3.63, 3.8) is 0 Å². The Hall–Kier alpha value is -0.900. The lowest BCUT2D eigenvalue weighted by Crippen LogP contribution is -2.35. The fourth-order valence-electron chi connectivity index (χ4n) is 2.25. The molecule has 0 radical (unpaired) electrons. The Kier molecular flexibility index (Phi) is 3.93. The van der Waals surface area contributed by atoms with E-state index in [4.69, 9.17) is 10.5 Å². The van der Waals surface area contributed by atoms with Gasteiger partial charge in [-0.15, -0.1) is 0 Å². The number of ether oxygens (including phenoxy) is 1. The van der Waals surface area contributed by atoms with Crippen molar-refractivity contribution in [3.8, 4) is 0 Å². The Bertz CT molecular complexity index is 315. The maximum absolute atomic E-state index is 5.69. The number of rotatable bonds is 5. The zero-order valence-corrected chi connectivity index (χ0v) is 9.86. The highest BCUT2D eigenvalue weighted by Gasteiger charge is 2.20. The summed E-state index contributed by atoms with van der Waals surface area (Å²) >= 11 is 0. The van der Waals surface area contributed by atoms with E-state index in [1.807, 2.05) is 6.92 Å². The first-order valence-electron chi connectivity index (χ1n) is 5.94. The van der Waals surface area contributed by atoms with E-state index >= 15 is 0 Å². The van der Waals surface area contributed by atoms with Gasteiger partial charge >= 0.3 is 0 Å². The minimum atomic E-state index is 0.166. The van der Waals surface area contributed by atoms with Crippen LogP contribution in [0, 0.1) is 0 Å². The number of benzene rings is 1. The quantitative estimate of drug-likeness (QED) is 0.814. The van der Waals surface area contributed by atoms with Crippen molar-refractivity contribution in [2.75, 3.05) is 19.7 Å². The lowest BCUT2D eigenvalue weighted by molar-refractivity contribution is 0.0383. The molecule has 1 aromatic carbocycles. The highest BCUT2D eigenvalue weighted by atomic mass is 16.5. The summed E-state index contributed by atoms with van der Waals surface area (Å²) in [5, 5.41) is 0. The molecule has 16 heavy (non-hydrogen) atoms. The van der Waals surface area contributed by atoms with Gasteiger partial charge < -0.3 is 10.5 Å². The van der Waals surface area contributed by atoms with Crippen LogP contribution in [-0.2, 0) is 17.8 Å². The molecule has 0 aromatic heterocycles. The predicted octanol–water partition coefficient (Wildman–Crippen LogP) is 1.37. The van der Waals surface area contributed by atoms with Gasteiger partial charge in [-0.25, -0.2) is 0 Å². The van der Waals surface area contributed by atoms with E-state index < -0.39 is 0 Å². The van der Waals surface area contributed by atoms with Crippen LogP contribution in [0.4, 0.5) is 0 Å². The number of fused-ring (bicyclic) bond motifs is 1. The SMILES string of the molecule is CCOC(CN)CN1Cc2ccccc2C1. The summed E-state index contributed by atoms with van der Waals surface area (Å²) in [5.74, 6) is 0. The van der Waals surface area contributed by atoms with Crippen LogP contribution in [0.25, 0.3) is 0 Å². The van der Waals surface area contributed by atoms with Crippen LogP contribution in [0.3, 0.4) is 0 Å². The summed E-state index contributed by atoms with van der Waals surface area (Å²) in [6, 6.07) is 8.61. The molecule has 1 atom stereocenters. The van der Waals surface area contributed by atoms with Gasteiger partial charge in [-0.3, -0.25) is 4.90 Å². The van der Waals surface area contributed by atoms with Crippen LogP contribution in [0.15, 0.2) is 24.3 Å². The molecule has 0 spiro atoms. The standard InChI is InChI=1S/C13H20N2O/c1-2-16-13(7-14)10-15-8-11-5-3-4-6-12(11)9-15/h3-6,13H,2,7-10,14H2,1H3. The van der Waals surface area contributed by atoms with Gasteiger partial charge in [0.1, 0.15) is 0 Å². The lowest BCUT2D eigenvalue weighted by atomic mass is 10.1. The van der Waals surface area contributed by atoms with Gasteiger partial charge in [-0.2, -0.15) is 0 Å². The molecule has 0 saturated carbocycles. The molecule has 1 aliphatic heterocycles. The van der Waals surface area contributed by atoms with Crippen molar-refractivity contribution in [3.05, 3.63) is 35.4 Å². The summed E-state index contributed by atoms with van der Waals surface area (Å²) < 4.78 is 5.59. The average molecular weight is 220 g/mol. The summed E-state index contributed by atoms with van der Waals surface area (Å²) in [4.78, 5) is 2.40. The summed E-state index contributed by atoms with van der Waals surface area (Å²) in [6.07, 6.45) is 0.166. The molecule has 3 nitrogen and oxygen atoms in total. The predicted molar refractivity (Wildman–Crippen MR) is 65.0 cm³/mol. The number of nitrogens with zero attached hydrogens (tertiary/aromatic N) is 1. The highest BCUT2D eigenvalue weighted by molar-refractivity contribution is 5.30. The van der Waals surface area contributed by atoms with Crippen molar-refractivity contribution < 1.29 is 4.74 Å². The van der Waals surface area contributed by atoms with Crippen molar-refractivity contribution in [2.24, 2.45) is 5.73 Å². The molecule has 1 aromatic rings. The molecule has 1 unspecified atom stereocenters. The monoisotopic (exact) mass is 220 g/mol. The molecule has 0 amide bonds. The minimum Gasteiger partial charge on any atom is -0.376 e. The maximum Gasteiger partial charge on any atom is 0.0824 e. The average Bonchev–Trinajstić information content (AvgIpc) is 2.70. The van der Waals surface area contributed by atoms with Crippen LogP contribution in [0.2, 0.25) is 0 Å². The largest absolute Gasteiger partial charge is 0.376 e. The van der Waals surface area contributed by atoms with Crippen LogP contribution in [0.1, 0.15) is 18.1 Å². The van der Waals surface area contributed by atoms with E-state index in [2.05, 4.69) is 29.2 Å². The number of hydrogen-bond donors (Lipinski definition) is 1. The zero-order chi connectivity index (χ0) is 11.4. The second-order valence-corrected chi connectivity index (χ2v) is 4.25. The van der Waals surface area contributed by atoms with Crippen molar-refractivity contribution >= 4 is 0 Å². The van der Waals surface area contributed by atoms with Gasteiger partial charge in [0.05, 0.1) is 6.10 Å². The van der Waals surface area contributed by atoms with Crippen molar-refractivity contribution in [2.45, 2.75) is 26.1 Å². The van der Waals surface area contributed by atoms with Gasteiger partial charge in [0.25, 0.3) is 0 Å². The molecular weight excluding hydrogens is 200 g/mol. The number of nitrogens with two attached hydrogens (primary N) is 1. The highest BCUT2D eigenvalue weighted by Crippen LogP contribution is 2.22. The summed E-state index contributed by atoms with van der Waals surface area (Å²) in [6.45, 7) is 6.34. The second kappa shape index (κ2) is 5.43. The Balaban J connectivity index is 1.91. The molecule has 0 aliphatic carbocycles. The molecule has 2 N–H and O–H groups in total. The molecule has 0 fully saturated rings. The van der Waals surface area contributed by atoms with E-state index in [-0.39, 0.29) is 6.10 Å². The molecule has 88 valence electrons. The van der Waals surface area contributed by atoms with E-state index in [0.717, 1.165) is 26.2 Å². The fourth-order valence-corrected chi connectivity index (χ4v) is 2.25. The van der Waals surface area contributed by atoms with E-state index in [0.29, 0.717) is 6.54 Å². The first-order valence-corrected chi connectivity index (χ1v) is 5.94. The molecule has 0 bridgehead atoms. The van der Waals surface area contributed by atoms with Gasteiger partial charge in [0.2, 0.25) is 0 Å². The van der Waals surface area contributed by atoms with Crippen molar-refractivity contribution in [1.29, 1.82) is 0 Å². The zero-order valence-electron chi connectivity index (χ0n) is 9.86. The van der Waals surface area contributed by atoms with Crippen LogP contribution < -0.4 is 5.73 Å². The maximum atomic E-state index is 5.69.